The molecule has 6 nitrogen and oxygen atoms in total. The minimum atomic E-state index is -0.612. The van der Waals surface area contributed by atoms with Crippen LogP contribution >= 0.6 is 11.3 Å². The summed E-state index contributed by atoms with van der Waals surface area (Å²) in [4.78, 5) is 24.3. The van der Waals surface area contributed by atoms with Crippen LogP contribution in [0.3, 0.4) is 0 Å². The number of hydrogen-bond donors (Lipinski definition) is 2. The molecule has 0 aliphatic carbocycles. The molecule has 0 aliphatic heterocycles. The number of nitrogens with zero attached hydrogens (tertiary/aromatic N) is 2. The number of benzene rings is 1. The summed E-state index contributed by atoms with van der Waals surface area (Å²) in [6.45, 7) is 5.88. The summed E-state index contributed by atoms with van der Waals surface area (Å²) in [5.74, 6) is -0.376. The zero-order valence-electron chi connectivity index (χ0n) is 17.0. The zero-order chi connectivity index (χ0) is 20.4. The number of nitrogens with one attached hydrogen (secondary N) is 2. The Hall–Kier alpha value is -2.28. The third kappa shape index (κ3) is 7.38. The van der Waals surface area contributed by atoms with Gasteiger partial charge in [-0.05, 0) is 26.3 Å². The Morgan fingerprint density at radius 3 is 2.61 bits per heavy atom. The molecule has 1 atom stereocenters. The Morgan fingerprint density at radius 1 is 1.11 bits per heavy atom. The van der Waals surface area contributed by atoms with Crippen LogP contribution in [-0.4, -0.2) is 28.1 Å². The Morgan fingerprint density at radius 2 is 1.86 bits per heavy atom. The van der Waals surface area contributed by atoms with Crippen molar-refractivity contribution < 1.29 is 9.59 Å². The highest BCUT2D eigenvalue weighted by Crippen LogP contribution is 2.26. The van der Waals surface area contributed by atoms with Crippen LogP contribution in [0.4, 0.5) is 5.13 Å². The first kappa shape index (κ1) is 22.0. The maximum absolute atomic E-state index is 12.3. The molecule has 1 aromatic carbocycles. The van der Waals surface area contributed by atoms with E-state index in [0.717, 1.165) is 35.4 Å². The van der Waals surface area contributed by atoms with Crippen molar-refractivity contribution in [3.05, 3.63) is 29.8 Å². The van der Waals surface area contributed by atoms with Gasteiger partial charge in [0, 0.05) is 12.0 Å². The van der Waals surface area contributed by atoms with Crippen molar-refractivity contribution in [1.82, 2.24) is 15.5 Å². The second-order valence-corrected chi connectivity index (χ2v) is 8.06. The lowest BCUT2D eigenvalue weighted by atomic mass is 10.1. The fourth-order valence-corrected chi connectivity index (χ4v) is 3.57. The second-order valence-electron chi connectivity index (χ2n) is 7.08. The van der Waals surface area contributed by atoms with Crippen LogP contribution in [-0.2, 0) is 9.59 Å². The largest absolute Gasteiger partial charge is 0.345 e. The van der Waals surface area contributed by atoms with Crippen molar-refractivity contribution in [2.45, 2.75) is 71.8 Å². The zero-order valence-corrected chi connectivity index (χ0v) is 17.8. The minimum absolute atomic E-state index is 0.0872. The molecule has 0 bridgehead atoms. The highest BCUT2D eigenvalue weighted by Gasteiger charge is 2.17. The molecular weight excluding hydrogens is 372 g/mol. The number of anilines is 1. The lowest BCUT2D eigenvalue weighted by molar-refractivity contribution is -0.126. The molecule has 0 saturated carbocycles. The summed E-state index contributed by atoms with van der Waals surface area (Å²) in [7, 11) is 0. The van der Waals surface area contributed by atoms with Crippen LogP contribution < -0.4 is 10.6 Å². The molecule has 2 amide bonds. The van der Waals surface area contributed by atoms with Crippen molar-refractivity contribution in [3.63, 3.8) is 0 Å². The van der Waals surface area contributed by atoms with Gasteiger partial charge in [-0.2, -0.15) is 0 Å². The average Bonchev–Trinajstić information content (AvgIpc) is 3.13. The summed E-state index contributed by atoms with van der Waals surface area (Å²) < 4.78 is 0. The van der Waals surface area contributed by atoms with Crippen LogP contribution in [0.15, 0.2) is 24.3 Å². The molecule has 28 heavy (non-hydrogen) atoms. The maximum Gasteiger partial charge on any atom is 0.248 e. The van der Waals surface area contributed by atoms with Gasteiger partial charge in [0.05, 0.1) is 0 Å². The number of hydrogen-bond acceptors (Lipinski definition) is 5. The molecule has 2 N–H and O–H groups in total. The third-order valence-corrected chi connectivity index (χ3v) is 5.34. The summed E-state index contributed by atoms with van der Waals surface area (Å²) in [5.41, 5.74) is 2.11. The van der Waals surface area contributed by atoms with Gasteiger partial charge in [-0.15, -0.1) is 10.2 Å². The molecule has 0 radical (unpaired) electrons. The van der Waals surface area contributed by atoms with Gasteiger partial charge in [0.15, 0.2) is 0 Å². The van der Waals surface area contributed by atoms with Gasteiger partial charge in [0.1, 0.15) is 11.0 Å². The van der Waals surface area contributed by atoms with Crippen LogP contribution in [0, 0.1) is 6.92 Å². The van der Waals surface area contributed by atoms with Gasteiger partial charge < -0.3 is 5.32 Å². The molecule has 2 aromatic rings. The van der Waals surface area contributed by atoms with Crippen molar-refractivity contribution in [2.24, 2.45) is 0 Å². The highest BCUT2D eigenvalue weighted by molar-refractivity contribution is 7.18. The van der Waals surface area contributed by atoms with E-state index in [-0.39, 0.29) is 11.8 Å². The Balaban J connectivity index is 1.75. The average molecular weight is 403 g/mol. The topological polar surface area (TPSA) is 84.0 Å². The summed E-state index contributed by atoms with van der Waals surface area (Å²) in [6.07, 6.45) is 7.23. The van der Waals surface area contributed by atoms with Crippen LogP contribution in [0.25, 0.3) is 10.6 Å². The first-order valence-corrected chi connectivity index (χ1v) is 10.8. The van der Waals surface area contributed by atoms with E-state index in [4.69, 9.17) is 0 Å². The fraction of sp³-hybridized carbons (Fsp3) is 0.524. The molecule has 7 heteroatoms. The van der Waals surface area contributed by atoms with E-state index >= 15 is 0 Å². The SMILES string of the molecule is CCCCCCCCC(=O)NC(C)C(=O)Nc1nnc(-c2cccc(C)c2)s1. The van der Waals surface area contributed by atoms with E-state index in [0.29, 0.717) is 11.6 Å². The van der Waals surface area contributed by atoms with E-state index in [1.54, 1.807) is 6.92 Å². The van der Waals surface area contributed by atoms with Crippen LogP contribution in [0.1, 0.15) is 64.4 Å². The number of unbranched alkanes of at least 4 members (excludes halogenated alkanes) is 5. The number of carbonyl (C=O) groups excluding carboxylic acids is 2. The summed E-state index contributed by atoms with van der Waals surface area (Å²) in [6, 6.07) is 7.36. The standard InChI is InChI=1S/C21H30N4O2S/c1-4-5-6-7-8-9-13-18(26)22-16(3)19(27)23-21-25-24-20(28-21)17-12-10-11-15(2)14-17/h10-12,14,16H,4-9,13H2,1-3H3,(H,22,26)(H,23,25,27). The van der Waals surface area contributed by atoms with Crippen molar-refractivity contribution in [3.8, 4) is 10.6 Å². The third-order valence-electron chi connectivity index (χ3n) is 4.45. The van der Waals surface area contributed by atoms with E-state index in [9.17, 15) is 9.59 Å². The van der Waals surface area contributed by atoms with Gasteiger partial charge in [-0.3, -0.25) is 14.9 Å². The first-order valence-electron chi connectivity index (χ1n) is 10.0. The molecule has 1 heterocycles. The second kappa shape index (κ2) is 11.5. The summed E-state index contributed by atoms with van der Waals surface area (Å²) >= 11 is 1.32. The molecule has 152 valence electrons. The molecular formula is C21H30N4O2S. The van der Waals surface area contributed by atoms with Gasteiger partial charge in [0.25, 0.3) is 0 Å². The van der Waals surface area contributed by atoms with Gasteiger partial charge >= 0.3 is 0 Å². The van der Waals surface area contributed by atoms with Crippen LogP contribution in [0.5, 0.6) is 0 Å². The van der Waals surface area contributed by atoms with E-state index in [2.05, 4.69) is 27.8 Å². The number of aryl methyl sites for hydroxylation is 1. The van der Waals surface area contributed by atoms with Gasteiger partial charge in [0.2, 0.25) is 16.9 Å². The molecule has 1 unspecified atom stereocenters. The van der Waals surface area contributed by atoms with Gasteiger partial charge in [-0.25, -0.2) is 0 Å². The van der Waals surface area contributed by atoms with Crippen LogP contribution in [0.2, 0.25) is 0 Å². The van der Waals surface area contributed by atoms with Crippen molar-refractivity contribution >= 4 is 28.3 Å². The Labute approximate surface area is 171 Å². The quantitative estimate of drug-likeness (QED) is 0.533. The van der Waals surface area contributed by atoms with E-state index in [1.807, 2.05) is 31.2 Å². The molecule has 0 saturated heterocycles. The Kier molecular flexibility index (Phi) is 9.07. The van der Waals surface area contributed by atoms with Crippen molar-refractivity contribution in [1.29, 1.82) is 0 Å². The maximum atomic E-state index is 12.3. The number of carbonyl (C=O) groups is 2. The highest BCUT2D eigenvalue weighted by atomic mass is 32.1. The smallest absolute Gasteiger partial charge is 0.248 e. The lowest BCUT2D eigenvalue weighted by Crippen LogP contribution is -2.41. The van der Waals surface area contributed by atoms with Gasteiger partial charge in [-0.1, -0.05) is 74.1 Å². The molecule has 1 aromatic heterocycles. The van der Waals surface area contributed by atoms with E-state index < -0.39 is 6.04 Å². The van der Waals surface area contributed by atoms with E-state index in [1.165, 1.54) is 30.6 Å². The Bertz CT molecular complexity index is 775. The molecule has 2 rings (SSSR count). The predicted octanol–water partition coefficient (Wildman–Crippen LogP) is 4.71. The normalized spacial score (nSPS) is 11.8. The fourth-order valence-electron chi connectivity index (χ4n) is 2.83. The minimum Gasteiger partial charge on any atom is -0.345 e. The lowest BCUT2D eigenvalue weighted by Gasteiger charge is -2.12. The first-order chi connectivity index (χ1) is 13.5. The number of aromatic nitrogens is 2. The molecule has 0 aliphatic rings. The number of rotatable bonds is 11. The monoisotopic (exact) mass is 402 g/mol. The molecule has 0 fully saturated rings. The summed E-state index contributed by atoms with van der Waals surface area (Å²) in [5, 5.41) is 14.8. The van der Waals surface area contributed by atoms with Crippen molar-refractivity contribution in [2.75, 3.05) is 5.32 Å². The predicted molar refractivity (Wildman–Crippen MR) is 114 cm³/mol. The number of amides is 2. The molecule has 0 spiro atoms.